The molecular formula is C41H43N3O5. The van der Waals surface area contributed by atoms with Crippen molar-refractivity contribution in [2.75, 3.05) is 34.4 Å². The Balaban J connectivity index is 1.37. The predicted octanol–water partition coefficient (Wildman–Crippen LogP) is 7.14. The maximum Gasteiger partial charge on any atom is 0.252 e. The first-order valence-electron chi connectivity index (χ1n) is 16.6. The molecular weight excluding hydrogens is 614 g/mol. The molecule has 0 fully saturated rings. The van der Waals surface area contributed by atoms with Crippen molar-refractivity contribution in [2.24, 2.45) is 5.41 Å². The fraction of sp³-hybridized carbons (Fsp3) is 0.293. The third-order valence-corrected chi connectivity index (χ3v) is 8.95. The molecule has 49 heavy (non-hydrogen) atoms. The van der Waals surface area contributed by atoms with Gasteiger partial charge >= 0.3 is 0 Å². The summed E-state index contributed by atoms with van der Waals surface area (Å²) in [5, 5.41) is 3.71. The second kappa shape index (κ2) is 14.9. The smallest absolute Gasteiger partial charge is 0.252 e. The van der Waals surface area contributed by atoms with Crippen LogP contribution in [-0.4, -0.2) is 62.0 Å². The van der Waals surface area contributed by atoms with Crippen molar-refractivity contribution in [2.45, 2.75) is 38.8 Å². The molecule has 0 saturated carbocycles. The summed E-state index contributed by atoms with van der Waals surface area (Å²) in [5.74, 6) is 1.45. The van der Waals surface area contributed by atoms with Gasteiger partial charge in [0.2, 0.25) is 0 Å². The molecule has 1 aliphatic heterocycles. The standard InChI is InChI=1S/C41H43N3O5/c1-41(26-44(2)3)20-19-37(45)35(21-28-15-17-31(18-16-28)48-25-29-11-7-5-8-12-29)43-40(46)33-24-34(30-13-9-6-10-14-30)42-36-22-32(47-4)23-38(39(33)36)49-27-41/h5-18,22-24,35H,19-21,25-27H2,1-4H3,(H,43,46). The van der Waals surface area contributed by atoms with Gasteiger partial charge in [-0.3, -0.25) is 9.59 Å². The van der Waals surface area contributed by atoms with Gasteiger partial charge in [0, 0.05) is 36.1 Å². The zero-order valence-corrected chi connectivity index (χ0v) is 28.6. The largest absolute Gasteiger partial charge is 0.497 e. The Morgan fingerprint density at radius 1 is 0.898 bits per heavy atom. The molecule has 4 aromatic carbocycles. The van der Waals surface area contributed by atoms with Crippen LogP contribution in [0.1, 0.15) is 41.3 Å². The van der Waals surface area contributed by atoms with Crippen LogP contribution in [0.5, 0.6) is 17.2 Å². The molecule has 6 rings (SSSR count). The lowest BCUT2D eigenvalue weighted by Crippen LogP contribution is -2.44. The number of hydrogen-bond donors (Lipinski definition) is 1. The van der Waals surface area contributed by atoms with E-state index in [1.807, 2.05) is 111 Å². The Morgan fingerprint density at radius 2 is 1.61 bits per heavy atom. The number of amides is 1. The number of ketones is 1. The van der Waals surface area contributed by atoms with Crippen LogP contribution in [0.25, 0.3) is 22.2 Å². The van der Waals surface area contributed by atoms with Crippen LogP contribution < -0.4 is 19.5 Å². The molecule has 1 N–H and O–H groups in total. The Bertz CT molecular complexity index is 1910. The van der Waals surface area contributed by atoms with Crippen LogP contribution in [-0.2, 0) is 17.8 Å². The molecule has 0 saturated heterocycles. The number of Topliss-reactive ketones (excluding diaryl/α,β-unsaturated/α-hetero) is 1. The van der Waals surface area contributed by atoms with Crippen LogP contribution in [0.15, 0.2) is 103 Å². The normalized spacial score (nSPS) is 18.3. The van der Waals surface area contributed by atoms with Gasteiger partial charge in [-0.2, -0.15) is 0 Å². The van der Waals surface area contributed by atoms with Crippen molar-refractivity contribution in [3.05, 3.63) is 120 Å². The molecule has 2 atom stereocenters. The number of carbonyl (C=O) groups excluding carboxylic acids is 2. The molecule has 2 unspecified atom stereocenters. The maximum absolute atomic E-state index is 14.3. The number of aromatic nitrogens is 1. The average Bonchev–Trinajstić information content (AvgIpc) is 3.11. The van der Waals surface area contributed by atoms with Gasteiger partial charge in [0.15, 0.2) is 5.78 Å². The van der Waals surface area contributed by atoms with Gasteiger partial charge in [-0.15, -0.1) is 0 Å². The van der Waals surface area contributed by atoms with E-state index < -0.39 is 6.04 Å². The number of methoxy groups -OCH3 is 1. The van der Waals surface area contributed by atoms with Crippen molar-refractivity contribution < 1.29 is 23.8 Å². The van der Waals surface area contributed by atoms with E-state index in [1.165, 1.54) is 0 Å². The number of nitrogens with one attached hydrogen (secondary N) is 1. The third-order valence-electron chi connectivity index (χ3n) is 8.95. The zero-order valence-electron chi connectivity index (χ0n) is 28.6. The van der Waals surface area contributed by atoms with Crippen LogP contribution >= 0.6 is 0 Å². The second-order valence-corrected chi connectivity index (χ2v) is 13.4. The first kappa shape index (κ1) is 33.7. The van der Waals surface area contributed by atoms with Gasteiger partial charge in [0.1, 0.15) is 23.9 Å². The summed E-state index contributed by atoms with van der Waals surface area (Å²) < 4.78 is 18.2. The van der Waals surface area contributed by atoms with E-state index in [1.54, 1.807) is 13.2 Å². The monoisotopic (exact) mass is 657 g/mol. The fourth-order valence-corrected chi connectivity index (χ4v) is 6.46. The summed E-state index contributed by atoms with van der Waals surface area (Å²) in [4.78, 5) is 35.4. The summed E-state index contributed by atoms with van der Waals surface area (Å²) in [7, 11) is 5.65. The number of rotatable bonds is 9. The molecule has 0 radical (unpaired) electrons. The Kier molecular flexibility index (Phi) is 10.3. The Labute approximate surface area is 288 Å². The SMILES string of the molecule is COc1cc2c3c(cc(-c4ccccc4)nc3c1)C(=O)NC(Cc1ccc(OCc3ccccc3)cc1)C(=O)CCC(C)(CN(C)C)CO2. The van der Waals surface area contributed by atoms with E-state index in [0.717, 1.165) is 22.4 Å². The van der Waals surface area contributed by atoms with Gasteiger partial charge < -0.3 is 24.4 Å². The zero-order chi connectivity index (χ0) is 34.4. The minimum atomic E-state index is -0.738. The molecule has 5 aromatic rings. The lowest BCUT2D eigenvalue weighted by molar-refractivity contribution is -0.121. The van der Waals surface area contributed by atoms with Gasteiger partial charge in [0.25, 0.3) is 5.91 Å². The lowest BCUT2D eigenvalue weighted by atomic mass is 9.83. The van der Waals surface area contributed by atoms with E-state index in [4.69, 9.17) is 19.2 Å². The second-order valence-electron chi connectivity index (χ2n) is 13.4. The number of hydrogen-bond acceptors (Lipinski definition) is 7. The minimum absolute atomic E-state index is 0.0214. The Morgan fingerprint density at radius 3 is 2.31 bits per heavy atom. The van der Waals surface area contributed by atoms with Crippen molar-refractivity contribution in [3.8, 4) is 28.5 Å². The molecule has 2 heterocycles. The molecule has 8 heteroatoms. The van der Waals surface area contributed by atoms with Gasteiger partial charge in [-0.05, 0) is 56.3 Å². The van der Waals surface area contributed by atoms with E-state index in [2.05, 4.69) is 17.1 Å². The fourth-order valence-electron chi connectivity index (χ4n) is 6.46. The van der Waals surface area contributed by atoms with E-state index in [9.17, 15) is 9.59 Å². The molecule has 252 valence electrons. The molecule has 8 nitrogen and oxygen atoms in total. The number of ether oxygens (including phenoxy) is 3. The first-order valence-corrected chi connectivity index (χ1v) is 16.6. The third kappa shape index (κ3) is 8.27. The topological polar surface area (TPSA) is 90.0 Å². The van der Waals surface area contributed by atoms with Crippen molar-refractivity contribution in [1.82, 2.24) is 15.2 Å². The minimum Gasteiger partial charge on any atom is -0.497 e. The van der Waals surface area contributed by atoms with Crippen molar-refractivity contribution >= 4 is 22.6 Å². The van der Waals surface area contributed by atoms with Gasteiger partial charge in [-0.1, -0.05) is 79.7 Å². The Hall–Kier alpha value is -5.21. The number of nitrogens with zero attached hydrogens (tertiary/aromatic N) is 2. The molecule has 1 amide bonds. The van der Waals surface area contributed by atoms with Crippen LogP contribution in [0.4, 0.5) is 0 Å². The molecule has 1 aromatic heterocycles. The number of carbonyl (C=O) groups is 2. The molecule has 0 bridgehead atoms. The predicted molar refractivity (Wildman–Crippen MR) is 192 cm³/mol. The van der Waals surface area contributed by atoms with Crippen molar-refractivity contribution in [3.63, 3.8) is 0 Å². The van der Waals surface area contributed by atoms with Crippen molar-refractivity contribution in [1.29, 1.82) is 0 Å². The van der Waals surface area contributed by atoms with Gasteiger partial charge in [-0.25, -0.2) is 4.98 Å². The van der Waals surface area contributed by atoms with Crippen LogP contribution in [0, 0.1) is 5.41 Å². The lowest BCUT2D eigenvalue weighted by Gasteiger charge is -2.33. The summed E-state index contributed by atoms with van der Waals surface area (Å²) in [6.07, 6.45) is 1.23. The van der Waals surface area contributed by atoms with E-state index >= 15 is 0 Å². The molecule has 0 spiro atoms. The average molecular weight is 658 g/mol. The molecule has 0 aliphatic carbocycles. The quantitative estimate of drug-likeness (QED) is 0.180. The van der Waals surface area contributed by atoms with Gasteiger partial charge in [0.05, 0.1) is 41.9 Å². The maximum atomic E-state index is 14.3. The first-order chi connectivity index (χ1) is 23.7. The highest BCUT2D eigenvalue weighted by Crippen LogP contribution is 2.37. The summed E-state index contributed by atoms with van der Waals surface area (Å²) in [5.41, 5.74) is 4.12. The highest BCUT2D eigenvalue weighted by Gasteiger charge is 2.32. The number of benzene rings is 4. The highest BCUT2D eigenvalue weighted by molar-refractivity contribution is 6.10. The van der Waals surface area contributed by atoms with Crippen LogP contribution in [0.3, 0.4) is 0 Å². The highest BCUT2D eigenvalue weighted by atomic mass is 16.5. The summed E-state index contributed by atoms with van der Waals surface area (Å²) in [6.45, 7) is 3.67. The summed E-state index contributed by atoms with van der Waals surface area (Å²) >= 11 is 0. The number of pyridine rings is 1. The van der Waals surface area contributed by atoms with E-state index in [-0.39, 0.29) is 17.1 Å². The van der Waals surface area contributed by atoms with E-state index in [0.29, 0.717) is 72.7 Å². The van der Waals surface area contributed by atoms with Crippen LogP contribution in [0.2, 0.25) is 0 Å². The molecule has 1 aliphatic rings. The summed E-state index contributed by atoms with van der Waals surface area (Å²) in [6, 6.07) is 32.1.